The summed E-state index contributed by atoms with van der Waals surface area (Å²) in [7, 11) is 0. The van der Waals surface area contributed by atoms with Crippen LogP contribution in [0.2, 0.25) is 10.0 Å². The van der Waals surface area contributed by atoms with Crippen LogP contribution in [-0.2, 0) is 22.7 Å². The highest BCUT2D eigenvalue weighted by Crippen LogP contribution is 2.42. The molecule has 0 radical (unpaired) electrons. The number of hydrogen-bond donors (Lipinski definition) is 2. The quantitative estimate of drug-likeness (QED) is 0.545. The minimum absolute atomic E-state index is 0.0382. The van der Waals surface area contributed by atoms with Gasteiger partial charge in [0.15, 0.2) is 0 Å². The van der Waals surface area contributed by atoms with Crippen LogP contribution in [0.1, 0.15) is 25.5 Å². The number of fused-ring (bicyclic) bond motifs is 3. The molecule has 1 aromatic carbocycles. The van der Waals surface area contributed by atoms with Crippen LogP contribution < -0.4 is 0 Å². The van der Waals surface area contributed by atoms with Crippen LogP contribution in [0.15, 0.2) is 24.5 Å². The van der Waals surface area contributed by atoms with Crippen LogP contribution in [0.25, 0.3) is 22.0 Å². The summed E-state index contributed by atoms with van der Waals surface area (Å²) in [4.78, 5) is 28.0. The number of carbonyl (C=O) groups is 2. The third-order valence-corrected chi connectivity index (χ3v) is 6.72. The Labute approximate surface area is 195 Å². The third kappa shape index (κ3) is 4.22. The molecule has 0 saturated heterocycles. The molecule has 3 aromatic rings. The van der Waals surface area contributed by atoms with Crippen molar-refractivity contribution in [3.8, 4) is 11.1 Å². The van der Waals surface area contributed by atoms with Gasteiger partial charge in [-0.2, -0.15) is 5.10 Å². The molecule has 170 valence electrons. The lowest BCUT2D eigenvalue weighted by Gasteiger charge is -2.30. The van der Waals surface area contributed by atoms with E-state index in [4.69, 9.17) is 28.3 Å². The molecule has 0 saturated carbocycles. The number of rotatable bonds is 7. The van der Waals surface area contributed by atoms with Gasteiger partial charge in [0.1, 0.15) is 0 Å². The summed E-state index contributed by atoms with van der Waals surface area (Å²) in [6.07, 6.45) is 4.48. The van der Waals surface area contributed by atoms with Gasteiger partial charge in [-0.25, -0.2) is 0 Å². The summed E-state index contributed by atoms with van der Waals surface area (Å²) in [5, 5.41) is 18.0. The average Bonchev–Trinajstić information content (AvgIpc) is 3.40. The zero-order valence-electron chi connectivity index (χ0n) is 17.8. The van der Waals surface area contributed by atoms with E-state index in [-0.39, 0.29) is 25.0 Å². The van der Waals surface area contributed by atoms with Crippen molar-refractivity contribution >= 4 is 45.9 Å². The van der Waals surface area contributed by atoms with E-state index < -0.39 is 0 Å². The van der Waals surface area contributed by atoms with Crippen LogP contribution in [0.3, 0.4) is 0 Å². The number of aromatic nitrogens is 3. The van der Waals surface area contributed by atoms with Crippen LogP contribution >= 0.6 is 23.2 Å². The molecule has 10 heteroatoms. The molecule has 0 spiro atoms. The van der Waals surface area contributed by atoms with Crippen LogP contribution in [0.5, 0.6) is 0 Å². The van der Waals surface area contributed by atoms with E-state index in [1.165, 1.54) is 6.92 Å². The number of carbonyl (C=O) groups excluding carboxylic acids is 2. The molecule has 0 aliphatic carbocycles. The van der Waals surface area contributed by atoms with Crippen molar-refractivity contribution in [2.45, 2.75) is 32.9 Å². The molecule has 1 aliphatic heterocycles. The standard InChI is InChI=1S/C22H25Cl2N5O3/c1-14(31)27(9-10-30)6-2-3-19(32)28-7-8-29-18(13-28)20(15-11-25-26-12-15)16-4-5-17(23)21(24)22(16)29/h4-5,11-12,30H,2-3,6-10,13H2,1H3,(H,25,26). The van der Waals surface area contributed by atoms with Gasteiger partial charge in [0.05, 0.1) is 34.9 Å². The molecule has 1 aliphatic rings. The van der Waals surface area contributed by atoms with Gasteiger partial charge in [-0.15, -0.1) is 0 Å². The highest BCUT2D eigenvalue weighted by Gasteiger charge is 2.28. The minimum atomic E-state index is -0.103. The minimum Gasteiger partial charge on any atom is -0.395 e. The summed E-state index contributed by atoms with van der Waals surface area (Å²) in [6, 6.07) is 3.75. The van der Waals surface area contributed by atoms with Gasteiger partial charge in [-0.3, -0.25) is 14.7 Å². The number of hydrogen-bond acceptors (Lipinski definition) is 4. The normalized spacial score (nSPS) is 13.4. The van der Waals surface area contributed by atoms with Crippen LogP contribution in [0, 0.1) is 0 Å². The first-order valence-corrected chi connectivity index (χ1v) is 11.3. The monoisotopic (exact) mass is 477 g/mol. The lowest BCUT2D eigenvalue weighted by atomic mass is 10.0. The van der Waals surface area contributed by atoms with E-state index in [0.717, 1.165) is 27.7 Å². The van der Waals surface area contributed by atoms with Gasteiger partial charge in [0, 0.05) is 67.9 Å². The summed E-state index contributed by atoms with van der Waals surface area (Å²) in [5.41, 5.74) is 3.79. The molecule has 0 fully saturated rings. The van der Waals surface area contributed by atoms with Gasteiger partial charge >= 0.3 is 0 Å². The van der Waals surface area contributed by atoms with Gasteiger partial charge in [0.25, 0.3) is 0 Å². The first-order chi connectivity index (χ1) is 15.4. The maximum Gasteiger partial charge on any atom is 0.223 e. The molecule has 32 heavy (non-hydrogen) atoms. The molecule has 4 rings (SSSR count). The molecule has 0 atom stereocenters. The molecular formula is C22H25Cl2N5O3. The van der Waals surface area contributed by atoms with Crippen molar-refractivity contribution in [1.29, 1.82) is 0 Å². The molecule has 2 aromatic heterocycles. The van der Waals surface area contributed by atoms with Crippen molar-refractivity contribution in [3.63, 3.8) is 0 Å². The van der Waals surface area contributed by atoms with Crippen LogP contribution in [-0.4, -0.2) is 67.7 Å². The number of benzene rings is 1. The van der Waals surface area contributed by atoms with Crippen molar-refractivity contribution in [2.75, 3.05) is 26.2 Å². The van der Waals surface area contributed by atoms with Gasteiger partial charge < -0.3 is 19.5 Å². The molecule has 3 heterocycles. The number of halogens is 2. The van der Waals surface area contributed by atoms with E-state index in [1.54, 1.807) is 17.2 Å². The Balaban J connectivity index is 1.57. The second kappa shape index (κ2) is 9.52. The van der Waals surface area contributed by atoms with E-state index in [2.05, 4.69) is 14.8 Å². The summed E-state index contributed by atoms with van der Waals surface area (Å²) in [6.45, 7) is 3.74. The lowest BCUT2D eigenvalue weighted by molar-refractivity contribution is -0.134. The van der Waals surface area contributed by atoms with Crippen molar-refractivity contribution in [1.82, 2.24) is 24.6 Å². The fourth-order valence-electron chi connectivity index (χ4n) is 4.37. The Morgan fingerprint density at radius 2 is 2.06 bits per heavy atom. The number of H-pyrrole nitrogens is 1. The summed E-state index contributed by atoms with van der Waals surface area (Å²) in [5.74, 6) is -0.0643. The SMILES string of the molecule is CC(=O)N(CCO)CCCC(=O)N1CCn2c(c(-c3cn[nH]c3)c3ccc(Cl)c(Cl)c32)C1. The predicted octanol–water partition coefficient (Wildman–Crippen LogP) is 3.30. The zero-order valence-corrected chi connectivity index (χ0v) is 19.3. The smallest absolute Gasteiger partial charge is 0.223 e. The zero-order chi connectivity index (χ0) is 22.8. The highest BCUT2D eigenvalue weighted by molar-refractivity contribution is 6.45. The summed E-state index contributed by atoms with van der Waals surface area (Å²) >= 11 is 12.9. The van der Waals surface area contributed by atoms with E-state index in [9.17, 15) is 9.59 Å². The first-order valence-electron chi connectivity index (χ1n) is 10.5. The van der Waals surface area contributed by atoms with Crippen molar-refractivity contribution < 1.29 is 14.7 Å². The largest absolute Gasteiger partial charge is 0.395 e. The predicted molar refractivity (Wildman–Crippen MR) is 124 cm³/mol. The molecular weight excluding hydrogens is 453 g/mol. The molecule has 2 amide bonds. The summed E-state index contributed by atoms with van der Waals surface area (Å²) < 4.78 is 2.15. The Hall–Kier alpha value is -2.55. The average molecular weight is 478 g/mol. The second-order valence-electron chi connectivity index (χ2n) is 7.87. The van der Waals surface area contributed by atoms with Crippen molar-refractivity contribution in [2.24, 2.45) is 0 Å². The number of nitrogens with one attached hydrogen (secondary N) is 1. The number of aromatic amines is 1. The van der Waals surface area contributed by atoms with Gasteiger partial charge in [-0.1, -0.05) is 29.3 Å². The maximum atomic E-state index is 12.9. The Morgan fingerprint density at radius 3 is 2.75 bits per heavy atom. The highest BCUT2D eigenvalue weighted by atomic mass is 35.5. The number of aliphatic hydroxyl groups is 1. The Bertz CT molecular complexity index is 1140. The van der Waals surface area contributed by atoms with Crippen LogP contribution in [0.4, 0.5) is 0 Å². The molecule has 8 nitrogen and oxygen atoms in total. The lowest BCUT2D eigenvalue weighted by Crippen LogP contribution is -2.39. The Kier molecular flexibility index (Phi) is 6.74. The maximum absolute atomic E-state index is 12.9. The second-order valence-corrected chi connectivity index (χ2v) is 8.65. The molecule has 0 bridgehead atoms. The topological polar surface area (TPSA) is 94.5 Å². The van der Waals surface area contributed by atoms with E-state index in [0.29, 0.717) is 49.1 Å². The number of amides is 2. The number of nitrogens with zero attached hydrogens (tertiary/aromatic N) is 4. The molecule has 0 unspecified atom stereocenters. The van der Waals surface area contributed by atoms with E-state index >= 15 is 0 Å². The Morgan fingerprint density at radius 1 is 1.25 bits per heavy atom. The first kappa shape index (κ1) is 22.6. The third-order valence-electron chi connectivity index (χ3n) is 5.93. The van der Waals surface area contributed by atoms with E-state index in [1.807, 2.05) is 17.2 Å². The van der Waals surface area contributed by atoms with Crippen molar-refractivity contribution in [3.05, 3.63) is 40.3 Å². The molecule has 2 N–H and O–H groups in total. The van der Waals surface area contributed by atoms with Gasteiger partial charge in [0.2, 0.25) is 11.8 Å². The fourth-order valence-corrected chi connectivity index (χ4v) is 4.79. The van der Waals surface area contributed by atoms with Gasteiger partial charge in [-0.05, 0) is 12.5 Å². The fraction of sp³-hybridized carbons (Fsp3) is 0.409. The number of aliphatic hydroxyl groups excluding tert-OH is 1.